The standard InChI is InChI=1S/C23H17N3O2S2/c1-15(21-25-26-22(28-21)18-13-8-14-29-18)30-23-24-19(16-9-4-2-5-10-16)20(27-23)17-11-6-3-7-12-17/h2-15H,1H3/t15-/m1/s1. The van der Waals surface area contributed by atoms with Crippen LogP contribution in [0.2, 0.25) is 0 Å². The number of aromatic nitrogens is 3. The van der Waals surface area contributed by atoms with E-state index in [4.69, 9.17) is 13.8 Å². The molecular formula is C23H17N3O2S2. The number of thioether (sulfide) groups is 1. The van der Waals surface area contributed by atoms with E-state index < -0.39 is 0 Å². The largest absolute Gasteiger partial charge is 0.431 e. The summed E-state index contributed by atoms with van der Waals surface area (Å²) >= 11 is 3.03. The van der Waals surface area contributed by atoms with Crippen LogP contribution in [0.4, 0.5) is 0 Å². The van der Waals surface area contributed by atoms with Crippen LogP contribution in [0.5, 0.6) is 0 Å². The summed E-state index contributed by atoms with van der Waals surface area (Å²) in [5.74, 6) is 1.83. The van der Waals surface area contributed by atoms with E-state index in [0.29, 0.717) is 17.0 Å². The molecule has 0 N–H and O–H groups in total. The summed E-state index contributed by atoms with van der Waals surface area (Å²) in [5, 5.41) is 10.8. The van der Waals surface area contributed by atoms with Crippen LogP contribution in [-0.4, -0.2) is 15.2 Å². The van der Waals surface area contributed by atoms with Gasteiger partial charge in [0.1, 0.15) is 5.69 Å². The van der Waals surface area contributed by atoms with Crippen LogP contribution in [0.15, 0.2) is 92.2 Å². The molecule has 0 spiro atoms. The second kappa shape index (κ2) is 8.30. The van der Waals surface area contributed by atoms with Gasteiger partial charge in [-0.05, 0) is 18.4 Å². The molecule has 0 bridgehead atoms. The SMILES string of the molecule is C[C@@H](Sc1nc(-c2ccccc2)c(-c2ccccc2)o1)c1nnc(-c2cccs2)o1. The first kappa shape index (κ1) is 18.8. The van der Waals surface area contributed by atoms with E-state index in [1.165, 1.54) is 11.8 Å². The molecule has 5 nitrogen and oxygen atoms in total. The molecule has 0 aliphatic rings. The minimum absolute atomic E-state index is 0.0999. The molecule has 7 heteroatoms. The fraction of sp³-hybridized carbons (Fsp3) is 0.0870. The second-order valence-electron chi connectivity index (χ2n) is 6.57. The van der Waals surface area contributed by atoms with Crippen molar-refractivity contribution in [2.24, 2.45) is 0 Å². The topological polar surface area (TPSA) is 65.0 Å². The fourth-order valence-corrected chi connectivity index (χ4v) is 4.45. The summed E-state index contributed by atoms with van der Waals surface area (Å²) in [6.07, 6.45) is 0. The third kappa shape index (κ3) is 3.81. The number of nitrogens with zero attached hydrogens (tertiary/aromatic N) is 3. The minimum atomic E-state index is -0.0999. The molecule has 0 fully saturated rings. The Balaban J connectivity index is 1.45. The predicted molar refractivity (Wildman–Crippen MR) is 119 cm³/mol. The van der Waals surface area contributed by atoms with Crippen molar-refractivity contribution in [2.75, 3.05) is 0 Å². The number of hydrogen-bond donors (Lipinski definition) is 0. The average molecular weight is 432 g/mol. The van der Waals surface area contributed by atoms with Crippen molar-refractivity contribution in [1.29, 1.82) is 0 Å². The average Bonchev–Trinajstić information content (AvgIpc) is 3.55. The fourth-order valence-electron chi connectivity index (χ4n) is 3.03. The van der Waals surface area contributed by atoms with Crippen LogP contribution in [0.25, 0.3) is 33.3 Å². The molecular weight excluding hydrogens is 414 g/mol. The molecule has 5 rings (SSSR count). The van der Waals surface area contributed by atoms with Crippen molar-refractivity contribution < 1.29 is 8.83 Å². The van der Waals surface area contributed by atoms with Crippen LogP contribution in [0.3, 0.4) is 0 Å². The molecule has 0 saturated carbocycles. The lowest BCUT2D eigenvalue weighted by molar-refractivity contribution is 0.461. The number of thiophene rings is 1. The summed E-state index contributed by atoms with van der Waals surface area (Å²) < 4.78 is 12.1. The molecule has 0 aliphatic heterocycles. The van der Waals surface area contributed by atoms with E-state index >= 15 is 0 Å². The summed E-state index contributed by atoms with van der Waals surface area (Å²) in [7, 11) is 0. The smallest absolute Gasteiger partial charge is 0.257 e. The van der Waals surface area contributed by atoms with Gasteiger partial charge < -0.3 is 8.83 Å². The molecule has 0 amide bonds. The predicted octanol–water partition coefficient (Wildman–Crippen LogP) is 6.97. The summed E-state index contributed by atoms with van der Waals surface area (Å²) in [5.41, 5.74) is 2.82. The Labute approximate surface area is 181 Å². The minimum Gasteiger partial charge on any atom is -0.431 e. The molecule has 0 aliphatic carbocycles. The van der Waals surface area contributed by atoms with Crippen molar-refractivity contribution in [3.63, 3.8) is 0 Å². The highest BCUT2D eigenvalue weighted by atomic mass is 32.2. The van der Waals surface area contributed by atoms with Crippen molar-refractivity contribution in [2.45, 2.75) is 17.4 Å². The first-order valence-electron chi connectivity index (χ1n) is 9.43. The Bertz CT molecular complexity index is 1180. The van der Waals surface area contributed by atoms with Crippen molar-refractivity contribution in [3.05, 3.63) is 84.1 Å². The highest BCUT2D eigenvalue weighted by Gasteiger charge is 2.22. The highest BCUT2D eigenvalue weighted by Crippen LogP contribution is 2.40. The normalized spacial score (nSPS) is 12.2. The Hall–Kier alpha value is -3.16. The van der Waals surface area contributed by atoms with Gasteiger partial charge in [0.2, 0.25) is 5.89 Å². The van der Waals surface area contributed by atoms with Gasteiger partial charge in [0.25, 0.3) is 11.1 Å². The molecule has 148 valence electrons. The van der Waals surface area contributed by atoms with Gasteiger partial charge in [-0.2, -0.15) is 0 Å². The van der Waals surface area contributed by atoms with E-state index in [1.54, 1.807) is 11.3 Å². The summed E-state index contributed by atoms with van der Waals surface area (Å²) in [6.45, 7) is 2.00. The molecule has 0 unspecified atom stereocenters. The van der Waals surface area contributed by atoms with Crippen molar-refractivity contribution in [1.82, 2.24) is 15.2 Å². The molecule has 0 radical (unpaired) electrons. The molecule has 3 aromatic heterocycles. The summed E-state index contributed by atoms with van der Waals surface area (Å²) in [6, 6.07) is 24.0. The van der Waals surface area contributed by atoms with Crippen LogP contribution in [0, 0.1) is 0 Å². The third-order valence-corrected chi connectivity index (χ3v) is 6.28. The van der Waals surface area contributed by atoms with E-state index in [0.717, 1.165) is 27.5 Å². The maximum Gasteiger partial charge on any atom is 0.257 e. The zero-order valence-electron chi connectivity index (χ0n) is 16.1. The Morgan fingerprint density at radius 2 is 1.57 bits per heavy atom. The number of hydrogen-bond acceptors (Lipinski definition) is 7. The van der Waals surface area contributed by atoms with Gasteiger partial charge in [-0.15, -0.1) is 21.5 Å². The maximum absolute atomic E-state index is 6.19. The number of rotatable bonds is 6. The zero-order chi connectivity index (χ0) is 20.3. The lowest BCUT2D eigenvalue weighted by Gasteiger charge is -2.02. The van der Waals surface area contributed by atoms with E-state index in [-0.39, 0.29) is 5.25 Å². The first-order valence-corrected chi connectivity index (χ1v) is 11.2. The van der Waals surface area contributed by atoms with E-state index in [2.05, 4.69) is 10.2 Å². The third-order valence-electron chi connectivity index (χ3n) is 4.49. The number of oxazole rings is 1. The van der Waals surface area contributed by atoms with E-state index in [9.17, 15) is 0 Å². The van der Waals surface area contributed by atoms with Gasteiger partial charge in [0.15, 0.2) is 5.76 Å². The highest BCUT2D eigenvalue weighted by molar-refractivity contribution is 7.99. The maximum atomic E-state index is 6.19. The van der Waals surface area contributed by atoms with Gasteiger partial charge in [-0.25, -0.2) is 4.98 Å². The van der Waals surface area contributed by atoms with E-state index in [1.807, 2.05) is 85.1 Å². The lowest BCUT2D eigenvalue weighted by atomic mass is 10.1. The molecule has 30 heavy (non-hydrogen) atoms. The molecule has 5 aromatic rings. The zero-order valence-corrected chi connectivity index (χ0v) is 17.7. The van der Waals surface area contributed by atoms with Crippen molar-refractivity contribution in [3.8, 4) is 33.3 Å². The van der Waals surface area contributed by atoms with Crippen molar-refractivity contribution >= 4 is 23.1 Å². The van der Waals surface area contributed by atoms with Crippen LogP contribution in [0.1, 0.15) is 18.1 Å². The molecule has 2 aromatic carbocycles. The Morgan fingerprint density at radius 3 is 2.27 bits per heavy atom. The van der Waals surface area contributed by atoms with Gasteiger partial charge >= 0.3 is 0 Å². The Morgan fingerprint density at radius 1 is 0.833 bits per heavy atom. The van der Waals surface area contributed by atoms with Crippen LogP contribution in [-0.2, 0) is 0 Å². The van der Waals surface area contributed by atoms with Gasteiger partial charge in [0.05, 0.1) is 10.1 Å². The van der Waals surface area contributed by atoms with Crippen LogP contribution < -0.4 is 0 Å². The van der Waals surface area contributed by atoms with Crippen LogP contribution >= 0.6 is 23.1 Å². The lowest BCUT2D eigenvalue weighted by Crippen LogP contribution is -1.88. The monoisotopic (exact) mass is 431 g/mol. The van der Waals surface area contributed by atoms with Gasteiger partial charge in [-0.1, -0.05) is 78.5 Å². The molecule has 1 atom stereocenters. The number of benzene rings is 2. The first-order chi connectivity index (χ1) is 14.8. The molecule has 0 saturated heterocycles. The summed E-state index contributed by atoms with van der Waals surface area (Å²) in [4.78, 5) is 5.75. The van der Waals surface area contributed by atoms with Gasteiger partial charge in [-0.3, -0.25) is 0 Å². The Kier molecular flexibility index (Phi) is 5.21. The van der Waals surface area contributed by atoms with Gasteiger partial charge in [0, 0.05) is 11.1 Å². The molecule has 3 heterocycles. The second-order valence-corrected chi connectivity index (χ2v) is 8.81. The quantitative estimate of drug-likeness (QED) is 0.270.